The van der Waals surface area contributed by atoms with Crippen LogP contribution in [0.3, 0.4) is 0 Å². The average Bonchev–Trinajstić information content (AvgIpc) is 2.41. The third-order valence-corrected chi connectivity index (χ3v) is 2.54. The number of rotatable bonds is 4. The zero-order valence-corrected chi connectivity index (χ0v) is 9.96. The zero-order valence-electron chi connectivity index (χ0n) is 9.96. The van der Waals surface area contributed by atoms with Crippen LogP contribution in [0, 0.1) is 10.1 Å². The van der Waals surface area contributed by atoms with Gasteiger partial charge in [-0.05, 0) is 6.07 Å². The fraction of sp³-hybridized carbons (Fsp3) is 0.0909. The molecule has 0 aliphatic heterocycles. The number of carbonyl (C=O) groups is 1. The largest absolute Gasteiger partial charge is 0.478 e. The van der Waals surface area contributed by atoms with Gasteiger partial charge in [0.05, 0.1) is 17.2 Å². The molecule has 0 spiro atoms. The van der Waals surface area contributed by atoms with Crippen molar-refractivity contribution < 1.29 is 14.8 Å². The quantitative estimate of drug-likeness (QED) is 0.627. The molecule has 0 amide bonds. The van der Waals surface area contributed by atoms with E-state index in [9.17, 15) is 19.7 Å². The SMILES string of the molecule is O=C(O)c1cncnc1Cn1cccc([N+](=O)[O-])c1=O. The van der Waals surface area contributed by atoms with Crippen LogP contribution in [-0.4, -0.2) is 30.5 Å². The Morgan fingerprint density at radius 1 is 1.50 bits per heavy atom. The summed E-state index contributed by atoms with van der Waals surface area (Å²) in [5.41, 5.74) is -1.48. The molecule has 0 bridgehead atoms. The normalized spacial score (nSPS) is 10.2. The van der Waals surface area contributed by atoms with Crippen LogP contribution in [0.4, 0.5) is 5.69 Å². The van der Waals surface area contributed by atoms with Crippen molar-refractivity contribution in [3.05, 3.63) is 62.6 Å². The summed E-state index contributed by atoms with van der Waals surface area (Å²) in [6.07, 6.45) is 3.57. The molecule has 2 aromatic heterocycles. The molecule has 0 saturated heterocycles. The van der Waals surface area contributed by atoms with Crippen molar-refractivity contribution in [3.8, 4) is 0 Å². The summed E-state index contributed by atoms with van der Waals surface area (Å²) in [7, 11) is 0. The van der Waals surface area contributed by atoms with E-state index in [4.69, 9.17) is 5.11 Å². The van der Waals surface area contributed by atoms with E-state index in [-0.39, 0.29) is 17.8 Å². The summed E-state index contributed by atoms with van der Waals surface area (Å²) in [6.45, 7) is -0.190. The van der Waals surface area contributed by atoms with Crippen molar-refractivity contribution in [1.29, 1.82) is 0 Å². The topological polar surface area (TPSA) is 128 Å². The number of aromatic nitrogens is 3. The Morgan fingerprint density at radius 2 is 2.25 bits per heavy atom. The number of pyridine rings is 1. The maximum Gasteiger partial charge on any atom is 0.339 e. The number of hydrogen-bond donors (Lipinski definition) is 1. The van der Waals surface area contributed by atoms with Gasteiger partial charge >= 0.3 is 17.2 Å². The Balaban J connectivity index is 2.46. The van der Waals surface area contributed by atoms with Crippen molar-refractivity contribution in [2.45, 2.75) is 6.54 Å². The zero-order chi connectivity index (χ0) is 14.7. The first-order valence-electron chi connectivity index (χ1n) is 5.36. The van der Waals surface area contributed by atoms with Gasteiger partial charge in [-0.3, -0.25) is 14.9 Å². The van der Waals surface area contributed by atoms with Crippen molar-refractivity contribution >= 4 is 11.7 Å². The van der Waals surface area contributed by atoms with Gasteiger partial charge in [0.1, 0.15) is 11.9 Å². The molecule has 9 nitrogen and oxygen atoms in total. The van der Waals surface area contributed by atoms with E-state index in [1.807, 2.05) is 0 Å². The van der Waals surface area contributed by atoms with E-state index in [0.29, 0.717) is 0 Å². The molecule has 0 aromatic carbocycles. The summed E-state index contributed by atoms with van der Waals surface area (Å²) in [6, 6.07) is 2.41. The van der Waals surface area contributed by atoms with Crippen molar-refractivity contribution in [3.63, 3.8) is 0 Å². The van der Waals surface area contributed by atoms with E-state index < -0.39 is 22.1 Å². The number of hydrogen-bond acceptors (Lipinski definition) is 6. The first-order valence-corrected chi connectivity index (χ1v) is 5.36. The second kappa shape index (κ2) is 5.26. The van der Waals surface area contributed by atoms with Gasteiger partial charge in [-0.2, -0.15) is 0 Å². The second-order valence-corrected chi connectivity index (χ2v) is 3.77. The molecule has 0 aliphatic carbocycles. The van der Waals surface area contributed by atoms with Crippen LogP contribution in [0.15, 0.2) is 35.6 Å². The van der Waals surface area contributed by atoms with E-state index in [2.05, 4.69) is 9.97 Å². The maximum absolute atomic E-state index is 11.8. The molecule has 0 radical (unpaired) electrons. The number of carboxylic acid groups (broad SMARTS) is 1. The lowest BCUT2D eigenvalue weighted by atomic mass is 10.2. The lowest BCUT2D eigenvalue weighted by Gasteiger charge is -2.06. The highest BCUT2D eigenvalue weighted by Gasteiger charge is 2.16. The van der Waals surface area contributed by atoms with Gasteiger partial charge in [0, 0.05) is 18.5 Å². The molecule has 9 heteroatoms. The van der Waals surface area contributed by atoms with Crippen molar-refractivity contribution in [2.75, 3.05) is 0 Å². The Labute approximate surface area is 111 Å². The number of nitrogens with zero attached hydrogens (tertiary/aromatic N) is 4. The molecular formula is C11H8N4O5. The Bertz CT molecular complexity index is 740. The summed E-state index contributed by atoms with van der Waals surface area (Å²) in [4.78, 5) is 40.1. The smallest absolute Gasteiger partial charge is 0.339 e. The molecule has 20 heavy (non-hydrogen) atoms. The van der Waals surface area contributed by atoms with Crippen molar-refractivity contribution in [2.24, 2.45) is 0 Å². The molecule has 2 aromatic rings. The Hall–Kier alpha value is -3.10. The van der Waals surface area contributed by atoms with E-state index in [1.54, 1.807) is 0 Å². The molecule has 0 atom stereocenters. The number of aromatic carboxylic acids is 1. The van der Waals surface area contributed by atoms with E-state index >= 15 is 0 Å². The summed E-state index contributed by atoms with van der Waals surface area (Å²) >= 11 is 0. The summed E-state index contributed by atoms with van der Waals surface area (Å²) < 4.78 is 1.02. The average molecular weight is 276 g/mol. The maximum atomic E-state index is 11.8. The first kappa shape index (κ1) is 13.3. The lowest BCUT2D eigenvalue weighted by molar-refractivity contribution is -0.386. The minimum Gasteiger partial charge on any atom is -0.478 e. The third kappa shape index (κ3) is 2.51. The molecular weight excluding hydrogens is 268 g/mol. The van der Waals surface area contributed by atoms with Crippen LogP contribution >= 0.6 is 0 Å². The molecule has 1 N–H and O–H groups in total. The molecule has 0 unspecified atom stereocenters. The van der Waals surface area contributed by atoms with Gasteiger partial charge < -0.3 is 9.67 Å². The number of carboxylic acids is 1. The minimum absolute atomic E-state index is 0.0927. The van der Waals surface area contributed by atoms with Crippen molar-refractivity contribution in [1.82, 2.24) is 14.5 Å². The monoisotopic (exact) mass is 276 g/mol. The fourth-order valence-electron chi connectivity index (χ4n) is 1.61. The van der Waals surface area contributed by atoms with Gasteiger partial charge in [0.2, 0.25) is 0 Å². The molecule has 2 heterocycles. The summed E-state index contributed by atoms with van der Waals surface area (Å²) in [5, 5.41) is 19.7. The van der Waals surface area contributed by atoms with Crippen LogP contribution in [0.25, 0.3) is 0 Å². The van der Waals surface area contributed by atoms with Crippen LogP contribution < -0.4 is 5.56 Å². The van der Waals surface area contributed by atoms with E-state index in [0.717, 1.165) is 23.2 Å². The molecule has 2 rings (SSSR count). The highest BCUT2D eigenvalue weighted by atomic mass is 16.6. The molecule has 0 aliphatic rings. The first-order chi connectivity index (χ1) is 9.50. The fourth-order valence-corrected chi connectivity index (χ4v) is 1.61. The van der Waals surface area contributed by atoms with Crippen LogP contribution in [0.2, 0.25) is 0 Å². The Kier molecular flexibility index (Phi) is 3.51. The second-order valence-electron chi connectivity index (χ2n) is 3.77. The Morgan fingerprint density at radius 3 is 2.90 bits per heavy atom. The lowest BCUT2D eigenvalue weighted by Crippen LogP contribution is -2.23. The summed E-state index contributed by atoms with van der Waals surface area (Å²) in [5.74, 6) is -1.24. The van der Waals surface area contributed by atoms with Gasteiger partial charge in [-0.15, -0.1) is 0 Å². The standard InChI is InChI=1S/C11H8N4O5/c16-10-9(15(19)20)2-1-3-14(10)5-8-7(11(17)18)4-12-6-13-8/h1-4,6H,5H2,(H,17,18). The minimum atomic E-state index is -1.24. The van der Waals surface area contributed by atoms with Crippen LogP contribution in [0.1, 0.15) is 16.1 Å². The number of nitro groups is 1. The highest BCUT2D eigenvalue weighted by molar-refractivity contribution is 5.88. The molecule has 102 valence electrons. The third-order valence-electron chi connectivity index (χ3n) is 2.54. The van der Waals surface area contributed by atoms with Crippen LogP contribution in [-0.2, 0) is 6.54 Å². The predicted molar refractivity (Wildman–Crippen MR) is 65.4 cm³/mol. The van der Waals surface area contributed by atoms with E-state index in [1.165, 1.54) is 12.3 Å². The van der Waals surface area contributed by atoms with Gasteiger partial charge in [-0.25, -0.2) is 14.8 Å². The van der Waals surface area contributed by atoms with Crippen LogP contribution in [0.5, 0.6) is 0 Å². The van der Waals surface area contributed by atoms with Gasteiger partial charge in [0.25, 0.3) is 0 Å². The molecule has 0 fully saturated rings. The van der Waals surface area contributed by atoms with Gasteiger partial charge in [-0.1, -0.05) is 0 Å². The highest BCUT2D eigenvalue weighted by Crippen LogP contribution is 2.07. The molecule has 0 saturated carbocycles. The predicted octanol–water partition coefficient (Wildman–Crippen LogP) is 0.293. The van der Waals surface area contributed by atoms with Gasteiger partial charge in [0.15, 0.2) is 0 Å².